The van der Waals surface area contributed by atoms with Gasteiger partial charge in [-0.15, -0.1) is 0 Å². The summed E-state index contributed by atoms with van der Waals surface area (Å²) in [5.41, 5.74) is 6.21. The van der Waals surface area contributed by atoms with Crippen LogP contribution in [0, 0.1) is 5.92 Å². The van der Waals surface area contributed by atoms with Crippen molar-refractivity contribution in [1.29, 1.82) is 0 Å². The van der Waals surface area contributed by atoms with E-state index in [1.54, 1.807) is 0 Å². The van der Waals surface area contributed by atoms with E-state index in [2.05, 4.69) is 10.1 Å². The van der Waals surface area contributed by atoms with Gasteiger partial charge in [0.15, 0.2) is 5.82 Å². The van der Waals surface area contributed by atoms with E-state index in [-0.39, 0.29) is 6.04 Å². The van der Waals surface area contributed by atoms with Crippen molar-refractivity contribution in [2.45, 2.75) is 56.9 Å². The third-order valence-corrected chi connectivity index (χ3v) is 4.38. The first-order chi connectivity index (χ1) is 9.33. The minimum absolute atomic E-state index is 0.105. The largest absolute Gasteiger partial charge is 0.381 e. The molecule has 1 aromatic rings. The van der Waals surface area contributed by atoms with Gasteiger partial charge in [-0.2, -0.15) is 4.98 Å². The molecule has 0 amide bonds. The lowest BCUT2D eigenvalue weighted by atomic mass is 9.85. The Balaban J connectivity index is 1.58. The predicted molar refractivity (Wildman–Crippen MR) is 70.6 cm³/mol. The van der Waals surface area contributed by atoms with Crippen LogP contribution in [0.15, 0.2) is 4.52 Å². The Kier molecular flexibility index (Phi) is 4.13. The lowest BCUT2D eigenvalue weighted by molar-refractivity contribution is 0.192. The van der Waals surface area contributed by atoms with Crippen molar-refractivity contribution >= 4 is 0 Å². The molecule has 0 spiro atoms. The molecule has 2 unspecified atom stereocenters. The molecule has 19 heavy (non-hydrogen) atoms. The number of ether oxygens (including phenoxy) is 1. The second-order valence-corrected chi connectivity index (χ2v) is 5.90. The molecule has 1 aromatic heterocycles. The van der Waals surface area contributed by atoms with E-state index in [1.807, 2.05) is 0 Å². The van der Waals surface area contributed by atoms with Crippen molar-refractivity contribution in [1.82, 2.24) is 10.1 Å². The summed E-state index contributed by atoms with van der Waals surface area (Å²) < 4.78 is 10.7. The lowest BCUT2D eigenvalue weighted by Gasteiger charge is -2.22. The molecule has 5 heteroatoms. The van der Waals surface area contributed by atoms with Gasteiger partial charge in [0.25, 0.3) is 0 Å². The summed E-state index contributed by atoms with van der Waals surface area (Å²) in [5, 5.41) is 4.07. The summed E-state index contributed by atoms with van der Waals surface area (Å²) in [5.74, 6) is 2.40. The van der Waals surface area contributed by atoms with Crippen molar-refractivity contribution in [3.8, 4) is 0 Å². The Morgan fingerprint density at radius 1 is 1.21 bits per heavy atom. The third kappa shape index (κ3) is 3.15. The molecular weight excluding hydrogens is 242 g/mol. The van der Waals surface area contributed by atoms with Crippen LogP contribution < -0.4 is 5.73 Å². The quantitative estimate of drug-likeness (QED) is 0.905. The van der Waals surface area contributed by atoms with Crippen molar-refractivity contribution in [3.63, 3.8) is 0 Å². The SMILES string of the molecule is NC(CC1CCCCC1)c1nc(C2CCOC2)no1. The third-order valence-electron chi connectivity index (χ3n) is 4.38. The molecule has 2 atom stereocenters. The Hall–Kier alpha value is -0.940. The standard InChI is InChI=1S/C14H23N3O2/c15-12(8-10-4-2-1-3-5-10)14-16-13(17-19-14)11-6-7-18-9-11/h10-12H,1-9,15H2. The molecule has 5 nitrogen and oxygen atoms in total. The van der Waals surface area contributed by atoms with Crippen molar-refractivity contribution in [2.24, 2.45) is 11.7 Å². The summed E-state index contributed by atoms with van der Waals surface area (Å²) in [6.45, 7) is 1.50. The molecule has 106 valence electrons. The van der Waals surface area contributed by atoms with Crippen molar-refractivity contribution in [2.75, 3.05) is 13.2 Å². The van der Waals surface area contributed by atoms with E-state index in [0.29, 0.717) is 18.4 Å². The van der Waals surface area contributed by atoms with E-state index >= 15 is 0 Å². The molecule has 2 N–H and O–H groups in total. The van der Waals surface area contributed by atoms with E-state index in [9.17, 15) is 0 Å². The van der Waals surface area contributed by atoms with Crippen LogP contribution in [-0.2, 0) is 4.74 Å². The van der Waals surface area contributed by atoms with E-state index in [0.717, 1.165) is 31.2 Å². The van der Waals surface area contributed by atoms with E-state index < -0.39 is 0 Å². The second kappa shape index (κ2) is 6.01. The molecule has 1 aliphatic heterocycles. The average molecular weight is 265 g/mol. The maximum atomic E-state index is 6.21. The van der Waals surface area contributed by atoms with Crippen LogP contribution in [0.4, 0.5) is 0 Å². The normalized spacial score (nSPS) is 26.7. The number of nitrogens with two attached hydrogens (primary N) is 1. The van der Waals surface area contributed by atoms with Gasteiger partial charge in [0, 0.05) is 12.5 Å². The van der Waals surface area contributed by atoms with E-state index in [1.165, 1.54) is 32.1 Å². The van der Waals surface area contributed by atoms with Crippen molar-refractivity contribution in [3.05, 3.63) is 11.7 Å². The number of aromatic nitrogens is 2. The highest BCUT2D eigenvalue weighted by Crippen LogP contribution is 2.31. The molecule has 0 radical (unpaired) electrons. The van der Waals surface area contributed by atoms with Gasteiger partial charge < -0.3 is 15.0 Å². The van der Waals surface area contributed by atoms with Gasteiger partial charge in [0.05, 0.1) is 12.6 Å². The van der Waals surface area contributed by atoms with Crippen molar-refractivity contribution < 1.29 is 9.26 Å². The summed E-state index contributed by atoms with van der Waals surface area (Å²) in [4.78, 5) is 4.47. The van der Waals surface area contributed by atoms with Gasteiger partial charge in [-0.3, -0.25) is 0 Å². The highest BCUT2D eigenvalue weighted by atomic mass is 16.5. The monoisotopic (exact) mass is 265 g/mol. The zero-order chi connectivity index (χ0) is 13.1. The van der Waals surface area contributed by atoms with Gasteiger partial charge in [-0.25, -0.2) is 0 Å². The molecule has 1 aliphatic carbocycles. The summed E-state index contributed by atoms with van der Waals surface area (Å²) in [6, 6.07) is -0.105. The molecule has 1 saturated carbocycles. The first-order valence-electron chi connectivity index (χ1n) is 7.50. The van der Waals surface area contributed by atoms with Crippen LogP contribution in [0.1, 0.15) is 68.6 Å². The highest BCUT2D eigenvalue weighted by molar-refractivity contribution is 5.00. The maximum absolute atomic E-state index is 6.21. The minimum atomic E-state index is -0.105. The Labute approximate surface area is 113 Å². The molecule has 1 saturated heterocycles. The fourth-order valence-corrected chi connectivity index (χ4v) is 3.18. The minimum Gasteiger partial charge on any atom is -0.381 e. The van der Waals surface area contributed by atoms with Gasteiger partial charge >= 0.3 is 0 Å². The Morgan fingerprint density at radius 2 is 2.05 bits per heavy atom. The summed E-state index contributed by atoms with van der Waals surface area (Å²) in [7, 11) is 0. The van der Waals surface area contributed by atoms with Crippen LogP contribution >= 0.6 is 0 Å². The average Bonchev–Trinajstić information content (AvgIpc) is 3.11. The molecular formula is C14H23N3O2. The molecule has 2 heterocycles. The molecule has 0 aromatic carbocycles. The van der Waals surface area contributed by atoms with E-state index in [4.69, 9.17) is 15.0 Å². The van der Waals surface area contributed by atoms with Gasteiger partial charge in [-0.05, 0) is 18.8 Å². The van der Waals surface area contributed by atoms with Crippen LogP contribution in [0.3, 0.4) is 0 Å². The molecule has 3 rings (SSSR count). The fraction of sp³-hybridized carbons (Fsp3) is 0.857. The smallest absolute Gasteiger partial charge is 0.243 e. The van der Waals surface area contributed by atoms with Crippen LogP contribution in [-0.4, -0.2) is 23.4 Å². The van der Waals surface area contributed by atoms with Crippen LogP contribution in [0.25, 0.3) is 0 Å². The summed E-state index contributed by atoms with van der Waals surface area (Å²) >= 11 is 0. The number of hydrogen-bond donors (Lipinski definition) is 1. The number of nitrogens with zero attached hydrogens (tertiary/aromatic N) is 2. The van der Waals surface area contributed by atoms with Crippen LogP contribution in [0.5, 0.6) is 0 Å². The summed E-state index contributed by atoms with van der Waals surface area (Å²) in [6.07, 6.45) is 8.60. The fourth-order valence-electron chi connectivity index (χ4n) is 3.18. The second-order valence-electron chi connectivity index (χ2n) is 5.90. The van der Waals surface area contributed by atoms with Gasteiger partial charge in [0.1, 0.15) is 0 Å². The van der Waals surface area contributed by atoms with Gasteiger partial charge in [0.2, 0.25) is 5.89 Å². The number of rotatable bonds is 4. The Morgan fingerprint density at radius 3 is 2.79 bits per heavy atom. The predicted octanol–water partition coefficient (Wildman–Crippen LogP) is 2.54. The first kappa shape index (κ1) is 13.1. The highest BCUT2D eigenvalue weighted by Gasteiger charge is 2.26. The first-order valence-corrected chi connectivity index (χ1v) is 7.50. The molecule has 2 fully saturated rings. The zero-order valence-electron chi connectivity index (χ0n) is 11.4. The van der Waals surface area contributed by atoms with Gasteiger partial charge in [-0.1, -0.05) is 37.3 Å². The Bertz CT molecular complexity index is 395. The lowest BCUT2D eigenvalue weighted by Crippen LogP contribution is -2.18. The number of hydrogen-bond acceptors (Lipinski definition) is 5. The topological polar surface area (TPSA) is 74.2 Å². The molecule has 0 bridgehead atoms. The van der Waals surface area contributed by atoms with Crippen LogP contribution in [0.2, 0.25) is 0 Å². The molecule has 2 aliphatic rings. The maximum Gasteiger partial charge on any atom is 0.243 e. The zero-order valence-corrected chi connectivity index (χ0v) is 11.4.